The van der Waals surface area contributed by atoms with E-state index in [1.807, 2.05) is 13.8 Å². The Morgan fingerprint density at radius 1 is 1.37 bits per heavy atom. The maximum atomic E-state index is 13.4. The van der Waals surface area contributed by atoms with Gasteiger partial charge in [0.25, 0.3) is 0 Å². The molecule has 1 aromatic carbocycles. The van der Waals surface area contributed by atoms with E-state index in [4.69, 9.17) is 0 Å². The fraction of sp³-hybridized carbons (Fsp3) is 0.579. The first kappa shape index (κ1) is 23.5. The highest BCUT2D eigenvalue weighted by Gasteiger charge is 2.27. The normalized spacial score (nSPS) is 20.0. The van der Waals surface area contributed by atoms with Gasteiger partial charge >= 0.3 is 0 Å². The summed E-state index contributed by atoms with van der Waals surface area (Å²) in [5, 5.41) is 18.7. The van der Waals surface area contributed by atoms with Crippen molar-refractivity contribution in [1.29, 1.82) is 0 Å². The monoisotopic (exact) mass is 492 g/mol. The number of aliphatic imine (C=N–C) groups is 1. The summed E-state index contributed by atoms with van der Waals surface area (Å²) >= 11 is 0. The second kappa shape index (κ2) is 11.3. The van der Waals surface area contributed by atoms with Crippen LogP contribution in [0.1, 0.15) is 45.1 Å². The lowest BCUT2D eigenvalue weighted by Gasteiger charge is -2.30. The highest BCUT2D eigenvalue weighted by molar-refractivity contribution is 14.0. The number of carbonyl (C=O) groups is 1. The van der Waals surface area contributed by atoms with Crippen LogP contribution in [0.2, 0.25) is 0 Å². The fourth-order valence-electron chi connectivity index (χ4n) is 3.20. The Labute approximate surface area is 177 Å². The molecule has 0 bridgehead atoms. The molecule has 2 unspecified atom stereocenters. The summed E-state index contributed by atoms with van der Waals surface area (Å²) in [6.07, 6.45) is 3.66. The van der Waals surface area contributed by atoms with Crippen LogP contribution < -0.4 is 16.0 Å². The van der Waals surface area contributed by atoms with E-state index in [2.05, 4.69) is 20.9 Å². The van der Waals surface area contributed by atoms with Crippen molar-refractivity contribution in [2.45, 2.75) is 58.2 Å². The third kappa shape index (κ3) is 7.51. The Bertz CT molecular complexity index is 655. The summed E-state index contributed by atoms with van der Waals surface area (Å²) in [6.45, 7) is 4.32. The lowest BCUT2D eigenvalue weighted by atomic mass is 9.85. The van der Waals surface area contributed by atoms with Crippen LogP contribution in [0.5, 0.6) is 5.75 Å². The summed E-state index contributed by atoms with van der Waals surface area (Å²) in [5.41, 5.74) is 0.709. The molecule has 2 rings (SSSR count). The van der Waals surface area contributed by atoms with Crippen molar-refractivity contribution >= 4 is 35.8 Å². The molecule has 0 aromatic heterocycles. The number of carbonyl (C=O) groups excluding carboxylic acids is 1. The molecular weight excluding hydrogens is 462 g/mol. The van der Waals surface area contributed by atoms with E-state index in [0.29, 0.717) is 18.1 Å². The summed E-state index contributed by atoms with van der Waals surface area (Å²) < 4.78 is 13.4. The summed E-state index contributed by atoms with van der Waals surface area (Å²) in [6, 6.07) is 4.61. The number of amides is 1. The summed E-state index contributed by atoms with van der Waals surface area (Å²) in [7, 11) is 1.68. The van der Waals surface area contributed by atoms with Crippen LogP contribution in [0, 0.1) is 11.7 Å². The van der Waals surface area contributed by atoms with E-state index in [1.54, 1.807) is 13.1 Å². The minimum absolute atomic E-state index is 0. The number of phenols is 1. The van der Waals surface area contributed by atoms with Gasteiger partial charge in [0.05, 0.1) is 0 Å². The zero-order valence-corrected chi connectivity index (χ0v) is 18.4. The highest BCUT2D eigenvalue weighted by Crippen LogP contribution is 2.24. The zero-order chi connectivity index (χ0) is 19.1. The van der Waals surface area contributed by atoms with E-state index >= 15 is 0 Å². The van der Waals surface area contributed by atoms with Gasteiger partial charge in [-0.2, -0.15) is 0 Å². The number of benzene rings is 1. The zero-order valence-electron chi connectivity index (χ0n) is 16.1. The number of hydrogen-bond acceptors (Lipinski definition) is 3. The van der Waals surface area contributed by atoms with Gasteiger partial charge in [0.1, 0.15) is 0 Å². The quantitative estimate of drug-likeness (QED) is 0.290. The number of nitrogens with zero attached hydrogens (tertiary/aromatic N) is 1. The first-order valence-corrected chi connectivity index (χ1v) is 9.14. The van der Waals surface area contributed by atoms with Gasteiger partial charge in [-0.15, -0.1) is 24.0 Å². The van der Waals surface area contributed by atoms with Crippen LogP contribution in [-0.4, -0.2) is 36.1 Å². The number of hydrogen-bond donors (Lipinski definition) is 4. The second-order valence-corrected chi connectivity index (χ2v) is 7.08. The number of halogens is 2. The molecule has 0 spiro atoms. The molecule has 1 aromatic rings. The van der Waals surface area contributed by atoms with Gasteiger partial charge in [0.2, 0.25) is 5.91 Å². The first-order chi connectivity index (χ1) is 12.4. The van der Waals surface area contributed by atoms with Crippen LogP contribution >= 0.6 is 24.0 Å². The van der Waals surface area contributed by atoms with Crippen LogP contribution in [-0.2, 0) is 11.3 Å². The minimum atomic E-state index is -0.640. The van der Waals surface area contributed by atoms with Gasteiger partial charge < -0.3 is 21.1 Å². The molecule has 0 radical (unpaired) electrons. The molecule has 2 atom stereocenters. The molecule has 1 aliphatic rings. The van der Waals surface area contributed by atoms with E-state index in [1.165, 1.54) is 12.1 Å². The highest BCUT2D eigenvalue weighted by atomic mass is 127. The predicted molar refractivity (Wildman–Crippen MR) is 116 cm³/mol. The van der Waals surface area contributed by atoms with Gasteiger partial charge in [0, 0.05) is 31.6 Å². The molecule has 8 heteroatoms. The summed E-state index contributed by atoms with van der Waals surface area (Å²) in [5.74, 6) is -0.238. The number of aromatic hydroxyl groups is 1. The molecule has 1 saturated carbocycles. The van der Waals surface area contributed by atoms with E-state index in [0.717, 1.165) is 25.7 Å². The smallest absolute Gasteiger partial charge is 0.223 e. The maximum Gasteiger partial charge on any atom is 0.223 e. The average molecular weight is 492 g/mol. The first-order valence-electron chi connectivity index (χ1n) is 9.14. The molecule has 0 heterocycles. The number of rotatable bonds is 5. The molecule has 1 aliphatic carbocycles. The lowest BCUT2D eigenvalue weighted by molar-refractivity contribution is -0.126. The molecular formula is C19H30FIN4O2. The Balaban J connectivity index is 0.00000364. The molecule has 27 heavy (non-hydrogen) atoms. The standard InChI is InChI=1S/C19H29FN4O2.HI/c1-12(2)23-18(26)14-5-4-6-15(10-14)24-19(21-3)22-11-13-7-8-17(25)16(20)9-13;/h7-9,12,14-15,25H,4-6,10-11H2,1-3H3,(H,23,26)(H2,21,22,24);1H. The van der Waals surface area contributed by atoms with Crippen molar-refractivity contribution < 1.29 is 14.3 Å². The van der Waals surface area contributed by atoms with Gasteiger partial charge in [-0.05, 0) is 50.8 Å². The van der Waals surface area contributed by atoms with E-state index in [9.17, 15) is 14.3 Å². The topological polar surface area (TPSA) is 85.8 Å². The number of phenolic OH excluding ortho intramolecular Hbond substituents is 1. The molecule has 1 amide bonds. The Hall–Kier alpha value is -1.58. The van der Waals surface area contributed by atoms with Crippen molar-refractivity contribution in [3.63, 3.8) is 0 Å². The molecule has 6 nitrogen and oxygen atoms in total. The molecule has 0 aliphatic heterocycles. The van der Waals surface area contributed by atoms with Crippen LogP contribution in [0.25, 0.3) is 0 Å². The van der Waals surface area contributed by atoms with Gasteiger partial charge in [-0.1, -0.05) is 12.5 Å². The van der Waals surface area contributed by atoms with Gasteiger partial charge in [-0.3, -0.25) is 9.79 Å². The SMILES string of the molecule is CN=C(NCc1ccc(O)c(F)c1)NC1CCCC(C(=O)NC(C)C)C1.I. The fourth-order valence-corrected chi connectivity index (χ4v) is 3.20. The molecule has 0 saturated heterocycles. The Morgan fingerprint density at radius 3 is 2.74 bits per heavy atom. The lowest BCUT2D eigenvalue weighted by Crippen LogP contribution is -2.47. The maximum absolute atomic E-state index is 13.4. The largest absolute Gasteiger partial charge is 0.505 e. The molecule has 152 valence electrons. The van der Waals surface area contributed by atoms with Gasteiger partial charge in [-0.25, -0.2) is 4.39 Å². The third-order valence-corrected chi connectivity index (χ3v) is 4.51. The van der Waals surface area contributed by atoms with Crippen molar-refractivity contribution in [1.82, 2.24) is 16.0 Å². The van der Waals surface area contributed by atoms with Crippen LogP contribution in [0.15, 0.2) is 23.2 Å². The minimum Gasteiger partial charge on any atom is -0.505 e. The van der Waals surface area contributed by atoms with Crippen molar-refractivity contribution in [2.75, 3.05) is 7.05 Å². The van der Waals surface area contributed by atoms with Crippen molar-refractivity contribution in [2.24, 2.45) is 10.9 Å². The summed E-state index contributed by atoms with van der Waals surface area (Å²) in [4.78, 5) is 16.4. The van der Waals surface area contributed by atoms with Crippen molar-refractivity contribution in [3.8, 4) is 5.75 Å². The van der Waals surface area contributed by atoms with Crippen molar-refractivity contribution in [3.05, 3.63) is 29.6 Å². The van der Waals surface area contributed by atoms with E-state index in [-0.39, 0.29) is 53.6 Å². The third-order valence-electron chi connectivity index (χ3n) is 4.51. The van der Waals surface area contributed by atoms with E-state index < -0.39 is 5.82 Å². The number of guanidine groups is 1. The van der Waals surface area contributed by atoms with Gasteiger partial charge in [0.15, 0.2) is 17.5 Å². The molecule has 1 fully saturated rings. The predicted octanol–water partition coefficient (Wildman–Crippen LogP) is 2.90. The average Bonchev–Trinajstić information content (AvgIpc) is 2.61. The Kier molecular flexibility index (Phi) is 9.82. The number of nitrogens with one attached hydrogen (secondary N) is 3. The second-order valence-electron chi connectivity index (χ2n) is 7.08. The van der Waals surface area contributed by atoms with Crippen LogP contribution in [0.4, 0.5) is 4.39 Å². The van der Waals surface area contributed by atoms with Crippen LogP contribution in [0.3, 0.4) is 0 Å². The molecule has 4 N–H and O–H groups in total. The Morgan fingerprint density at radius 2 is 2.11 bits per heavy atom.